The summed E-state index contributed by atoms with van der Waals surface area (Å²) in [5.74, 6) is 1.00. The maximum Gasteiger partial charge on any atom is 0.264 e. The normalized spacial score (nSPS) is 18.1. The first-order valence-electron chi connectivity index (χ1n) is 12.4. The van der Waals surface area contributed by atoms with Crippen LogP contribution in [0.25, 0.3) is 5.57 Å². The highest BCUT2D eigenvalue weighted by molar-refractivity contribution is 9.10. The van der Waals surface area contributed by atoms with Crippen LogP contribution in [0.15, 0.2) is 105 Å². The summed E-state index contributed by atoms with van der Waals surface area (Å²) in [6.45, 7) is 8.36. The molecule has 2 unspecified atom stereocenters. The lowest BCUT2D eigenvalue weighted by atomic mass is 9.70. The molecule has 3 aromatic rings. The van der Waals surface area contributed by atoms with Crippen LogP contribution in [0.4, 0.5) is 5.69 Å². The van der Waals surface area contributed by atoms with Crippen LogP contribution in [-0.4, -0.2) is 33.3 Å². The molecule has 0 N–H and O–H groups in total. The summed E-state index contributed by atoms with van der Waals surface area (Å²) in [6.07, 6.45) is 5.41. The lowest BCUT2D eigenvalue weighted by Crippen LogP contribution is -2.21. The van der Waals surface area contributed by atoms with Gasteiger partial charge >= 0.3 is 0 Å². The average molecular weight is 592 g/mol. The third-order valence-electron chi connectivity index (χ3n) is 6.61. The van der Waals surface area contributed by atoms with Gasteiger partial charge in [0.2, 0.25) is 0 Å². The van der Waals surface area contributed by atoms with Gasteiger partial charge in [-0.25, -0.2) is 9.98 Å². The molecule has 0 spiro atoms. The molecular weight excluding hydrogens is 560 g/mol. The van der Waals surface area contributed by atoms with Crippen LogP contribution in [0, 0.1) is 5.92 Å². The maximum atomic E-state index is 11.1. The third kappa shape index (κ3) is 6.84. The van der Waals surface area contributed by atoms with E-state index in [4.69, 9.17) is 9.18 Å². The molecule has 0 fully saturated rings. The zero-order valence-electron chi connectivity index (χ0n) is 21.8. The van der Waals surface area contributed by atoms with Crippen LogP contribution in [0.5, 0.6) is 0 Å². The summed E-state index contributed by atoms with van der Waals surface area (Å²) < 4.78 is 28.1. The van der Waals surface area contributed by atoms with E-state index < -0.39 is 10.1 Å². The summed E-state index contributed by atoms with van der Waals surface area (Å²) in [5, 5.41) is 0. The summed E-state index contributed by atoms with van der Waals surface area (Å²) in [7, 11) is -3.43. The van der Waals surface area contributed by atoms with E-state index >= 15 is 0 Å². The molecule has 0 saturated heterocycles. The summed E-state index contributed by atoms with van der Waals surface area (Å²) >= 11 is 3.63. The molecule has 4 rings (SSSR count). The predicted molar refractivity (Wildman–Crippen MR) is 161 cm³/mol. The molecule has 0 saturated carbocycles. The largest absolute Gasteiger partial charge is 0.270 e. The molecule has 196 valence electrons. The fourth-order valence-corrected chi connectivity index (χ4v) is 5.68. The standard InChI is InChI=1S/C31H31BrN2O3S/c1-5-27-28-11-6-7-12-29(28)31(24-9-8-10-25(32)19-24)21(2)30(27)20-33-22(3)34-26-15-13-23(14-16-26)17-18-37-38(4,35)36/h5-16,19-21,31H,1,17-18H2,2-4H3. The molecule has 1 aliphatic rings. The molecule has 0 radical (unpaired) electrons. The highest BCUT2D eigenvalue weighted by Gasteiger charge is 2.32. The van der Waals surface area contributed by atoms with Crippen LogP contribution in [0.3, 0.4) is 0 Å². The lowest BCUT2D eigenvalue weighted by molar-refractivity contribution is 0.326. The first-order chi connectivity index (χ1) is 18.2. The summed E-state index contributed by atoms with van der Waals surface area (Å²) in [5.41, 5.74) is 7.69. The Morgan fingerprint density at radius 1 is 1.08 bits per heavy atom. The molecular formula is C31H31BrN2O3S. The highest BCUT2D eigenvalue weighted by Crippen LogP contribution is 2.46. The number of fused-ring (bicyclic) bond motifs is 1. The molecule has 0 bridgehead atoms. The van der Waals surface area contributed by atoms with E-state index in [0.29, 0.717) is 12.3 Å². The molecule has 1 aliphatic carbocycles. The van der Waals surface area contributed by atoms with Gasteiger partial charge in [0, 0.05) is 16.6 Å². The zero-order chi connectivity index (χ0) is 27.3. The van der Waals surface area contributed by atoms with Crippen molar-refractivity contribution in [3.05, 3.63) is 118 Å². The van der Waals surface area contributed by atoms with Crippen LogP contribution in [0.1, 0.15) is 42.0 Å². The Bertz CT molecular complexity index is 1520. The molecule has 0 aromatic heterocycles. The van der Waals surface area contributed by atoms with E-state index in [0.717, 1.165) is 33.1 Å². The van der Waals surface area contributed by atoms with Gasteiger partial charge in [0.25, 0.3) is 10.1 Å². The highest BCUT2D eigenvalue weighted by atomic mass is 79.9. The van der Waals surface area contributed by atoms with Crippen molar-refractivity contribution in [3.8, 4) is 0 Å². The molecule has 2 atom stereocenters. The van der Waals surface area contributed by atoms with Crippen molar-refractivity contribution in [1.82, 2.24) is 0 Å². The molecule has 0 heterocycles. The van der Waals surface area contributed by atoms with Crippen molar-refractivity contribution in [3.63, 3.8) is 0 Å². The minimum Gasteiger partial charge on any atom is -0.270 e. The van der Waals surface area contributed by atoms with Gasteiger partial charge in [-0.2, -0.15) is 8.42 Å². The van der Waals surface area contributed by atoms with E-state index in [1.165, 1.54) is 16.7 Å². The van der Waals surface area contributed by atoms with Gasteiger partial charge in [0.15, 0.2) is 0 Å². The van der Waals surface area contributed by atoms with Gasteiger partial charge in [-0.3, -0.25) is 4.18 Å². The fraction of sp³-hybridized carbons (Fsp3) is 0.226. The first kappa shape index (κ1) is 27.9. The topological polar surface area (TPSA) is 68.1 Å². The number of rotatable bonds is 8. The van der Waals surface area contributed by atoms with E-state index in [-0.39, 0.29) is 18.4 Å². The minimum atomic E-state index is -3.43. The first-order valence-corrected chi connectivity index (χ1v) is 15.0. The van der Waals surface area contributed by atoms with Crippen LogP contribution < -0.4 is 0 Å². The van der Waals surface area contributed by atoms with Crippen LogP contribution in [0.2, 0.25) is 0 Å². The second kappa shape index (κ2) is 12.2. The van der Waals surface area contributed by atoms with Crippen molar-refractivity contribution < 1.29 is 12.6 Å². The number of benzene rings is 3. The van der Waals surface area contributed by atoms with Gasteiger partial charge in [0.1, 0.15) is 5.84 Å². The van der Waals surface area contributed by atoms with Crippen molar-refractivity contribution in [2.45, 2.75) is 26.2 Å². The SMILES string of the molecule is C=CC1=C(C=NC(C)=Nc2ccc(CCOS(C)(=O)=O)cc2)C(C)C(c2cccc(Br)c2)c2ccccc21. The molecule has 7 heteroatoms. The van der Waals surface area contributed by atoms with E-state index in [1.807, 2.05) is 49.5 Å². The van der Waals surface area contributed by atoms with Crippen molar-refractivity contribution >= 4 is 49.4 Å². The number of hydrogen-bond donors (Lipinski definition) is 0. The van der Waals surface area contributed by atoms with Gasteiger partial charge in [-0.05, 0) is 76.9 Å². The second-order valence-electron chi connectivity index (χ2n) is 9.34. The number of amidine groups is 1. The Kier molecular flexibility index (Phi) is 8.92. The monoisotopic (exact) mass is 590 g/mol. The number of allylic oxidation sites excluding steroid dienone is 3. The Labute approximate surface area is 234 Å². The van der Waals surface area contributed by atoms with Crippen molar-refractivity contribution in [2.24, 2.45) is 15.9 Å². The van der Waals surface area contributed by atoms with Crippen LogP contribution >= 0.6 is 15.9 Å². The number of nitrogens with zero attached hydrogens (tertiary/aromatic N) is 2. The Hall–Kier alpha value is -3.13. The van der Waals surface area contributed by atoms with Gasteiger partial charge in [-0.1, -0.05) is 84.0 Å². The second-order valence-corrected chi connectivity index (χ2v) is 11.9. The Morgan fingerprint density at radius 3 is 2.50 bits per heavy atom. The third-order valence-corrected chi connectivity index (χ3v) is 7.69. The molecule has 3 aromatic carbocycles. The minimum absolute atomic E-state index is 0.119. The number of hydrogen-bond acceptors (Lipinski definition) is 4. The predicted octanol–water partition coefficient (Wildman–Crippen LogP) is 7.51. The van der Waals surface area contributed by atoms with E-state index in [9.17, 15) is 8.42 Å². The van der Waals surface area contributed by atoms with E-state index in [1.54, 1.807) is 0 Å². The lowest BCUT2D eigenvalue weighted by Gasteiger charge is -2.34. The van der Waals surface area contributed by atoms with Gasteiger partial charge < -0.3 is 0 Å². The fourth-order valence-electron chi connectivity index (χ4n) is 4.87. The molecule has 0 aliphatic heterocycles. The number of halogens is 1. The molecule has 0 amide bonds. The van der Waals surface area contributed by atoms with Crippen molar-refractivity contribution in [2.75, 3.05) is 12.9 Å². The number of aliphatic imine (C=N–C) groups is 2. The smallest absolute Gasteiger partial charge is 0.264 e. The van der Waals surface area contributed by atoms with Crippen LogP contribution in [-0.2, 0) is 20.7 Å². The quantitative estimate of drug-likeness (QED) is 0.155. The van der Waals surface area contributed by atoms with Gasteiger partial charge in [-0.15, -0.1) is 0 Å². The van der Waals surface area contributed by atoms with E-state index in [2.05, 4.69) is 76.9 Å². The van der Waals surface area contributed by atoms with Crippen molar-refractivity contribution in [1.29, 1.82) is 0 Å². The Balaban J connectivity index is 1.59. The van der Waals surface area contributed by atoms with Gasteiger partial charge in [0.05, 0.1) is 18.6 Å². The average Bonchev–Trinajstić information content (AvgIpc) is 2.87. The Morgan fingerprint density at radius 2 is 1.82 bits per heavy atom. The summed E-state index contributed by atoms with van der Waals surface area (Å²) in [4.78, 5) is 9.38. The molecule has 5 nitrogen and oxygen atoms in total. The molecule has 38 heavy (non-hydrogen) atoms. The zero-order valence-corrected chi connectivity index (χ0v) is 24.2. The summed E-state index contributed by atoms with van der Waals surface area (Å²) in [6, 6.07) is 24.6. The maximum absolute atomic E-state index is 11.1.